The number of hydrogen-bond acceptors (Lipinski definition) is 15. The van der Waals surface area contributed by atoms with E-state index in [0.29, 0.717) is 30.0 Å². The lowest BCUT2D eigenvalue weighted by Gasteiger charge is -2.20. The van der Waals surface area contributed by atoms with Crippen molar-refractivity contribution in [1.82, 2.24) is 38.9 Å². The number of aliphatic hydroxyl groups excluding tert-OH is 1. The highest BCUT2D eigenvalue weighted by molar-refractivity contribution is 7.75. The Balaban J connectivity index is 1.08. The maximum absolute atomic E-state index is 12.1. The van der Waals surface area contributed by atoms with Crippen molar-refractivity contribution in [3.63, 3.8) is 0 Å². The van der Waals surface area contributed by atoms with E-state index in [1.807, 2.05) is 0 Å². The summed E-state index contributed by atoms with van der Waals surface area (Å²) in [6, 6.07) is 1.36. The second-order valence-corrected chi connectivity index (χ2v) is 10.3. The van der Waals surface area contributed by atoms with Crippen LogP contribution >= 0.6 is 31.4 Å². The van der Waals surface area contributed by atoms with Crippen molar-refractivity contribution in [2.24, 2.45) is 5.92 Å². The zero-order valence-corrected chi connectivity index (χ0v) is 23.6. The smallest absolute Gasteiger partial charge is 0.258 e. The average Bonchev–Trinajstić information content (AvgIpc) is 3.73. The van der Waals surface area contributed by atoms with Gasteiger partial charge >= 0.3 is 0 Å². The van der Waals surface area contributed by atoms with Crippen LogP contribution in [0, 0.1) is 5.92 Å². The molecule has 6 heterocycles. The number of ether oxygens (including phenoxy) is 2. The molecule has 4 aromatic heterocycles. The molecule has 6 rings (SSSR count). The van der Waals surface area contributed by atoms with Gasteiger partial charge in [-0.3, -0.25) is 13.8 Å². The highest BCUT2D eigenvalue weighted by Gasteiger charge is 2.47. The zero-order chi connectivity index (χ0) is 27.8. The lowest BCUT2D eigenvalue weighted by Crippen LogP contribution is -2.33. The molecule has 2 aliphatic heterocycles. The van der Waals surface area contributed by atoms with E-state index in [9.17, 15) is 9.90 Å². The molecule has 3 unspecified atom stereocenters. The Morgan fingerprint density at radius 1 is 1.25 bits per heavy atom. The van der Waals surface area contributed by atoms with Gasteiger partial charge in [0, 0.05) is 46.5 Å². The van der Waals surface area contributed by atoms with Gasteiger partial charge < -0.3 is 38.1 Å². The van der Waals surface area contributed by atoms with Gasteiger partial charge in [-0.2, -0.15) is 4.68 Å². The minimum absolute atomic E-state index is 0.0781. The normalized spacial score (nSPS) is 29.0. The summed E-state index contributed by atoms with van der Waals surface area (Å²) in [6.07, 6.45) is 1.58. The molecule has 3 N–H and O–H groups in total. The Hall–Kier alpha value is -2.37. The molecule has 20 heteroatoms. The number of nitrogen functional groups attached to an aromatic ring is 1. The van der Waals surface area contributed by atoms with Crippen LogP contribution < -0.4 is 11.3 Å². The fourth-order valence-corrected chi connectivity index (χ4v) is 5.84. The zero-order valence-electron chi connectivity index (χ0n) is 20.5. The molecule has 17 nitrogen and oxygen atoms in total. The fourth-order valence-electron chi connectivity index (χ4n) is 4.78. The van der Waals surface area contributed by atoms with Crippen molar-refractivity contribution < 1.29 is 32.3 Å². The summed E-state index contributed by atoms with van der Waals surface area (Å²) in [5, 5.41) is 19.0. The van der Waals surface area contributed by atoms with Crippen molar-refractivity contribution in [2.75, 3.05) is 18.9 Å². The predicted molar refractivity (Wildman–Crippen MR) is 144 cm³/mol. The van der Waals surface area contributed by atoms with Gasteiger partial charge in [-0.05, 0) is 12.9 Å². The molecule has 0 saturated carbocycles. The van der Waals surface area contributed by atoms with Gasteiger partial charge in [0.1, 0.15) is 18.5 Å². The van der Waals surface area contributed by atoms with Crippen molar-refractivity contribution in [3.05, 3.63) is 41.3 Å². The van der Waals surface area contributed by atoms with Crippen molar-refractivity contribution in [1.29, 1.82) is 0 Å². The number of fused-ring (bicyclic) bond motifs is 2. The SMILES string of the molecule is Nc1ncnc2c1nnn2[C@H]1C[C@H](COPOC2O[C@@H](n3ccc(=O)n4ccnc34)[C@H](OS)[C@@H]2O)[C@@H](COP)O1. The number of nitrogens with zero attached hydrogens (tertiary/aromatic N) is 8. The van der Waals surface area contributed by atoms with Crippen LogP contribution in [0.25, 0.3) is 16.9 Å². The molecule has 0 aliphatic carbocycles. The Morgan fingerprint density at radius 3 is 2.95 bits per heavy atom. The van der Waals surface area contributed by atoms with Crippen LogP contribution in [0.5, 0.6) is 0 Å². The van der Waals surface area contributed by atoms with E-state index >= 15 is 0 Å². The van der Waals surface area contributed by atoms with Gasteiger partial charge in [-0.1, -0.05) is 5.21 Å². The number of imidazole rings is 1. The largest absolute Gasteiger partial charge is 0.385 e. The molecule has 2 saturated heterocycles. The van der Waals surface area contributed by atoms with Crippen LogP contribution in [-0.2, 0) is 27.2 Å². The highest BCUT2D eigenvalue weighted by atomic mass is 32.1. The van der Waals surface area contributed by atoms with Crippen LogP contribution in [0.3, 0.4) is 0 Å². The van der Waals surface area contributed by atoms with Crippen LogP contribution in [0.4, 0.5) is 5.82 Å². The third-order valence-electron chi connectivity index (χ3n) is 6.74. The van der Waals surface area contributed by atoms with Gasteiger partial charge in [-0.15, -0.1) is 5.10 Å². The first-order chi connectivity index (χ1) is 19.5. The first-order valence-electron chi connectivity index (χ1n) is 12.0. The Kier molecular flexibility index (Phi) is 8.23. The van der Waals surface area contributed by atoms with E-state index in [4.69, 9.17) is 33.0 Å². The number of aromatic nitrogens is 8. The van der Waals surface area contributed by atoms with E-state index in [1.165, 1.54) is 35.4 Å². The van der Waals surface area contributed by atoms with Gasteiger partial charge in [0.2, 0.25) is 5.78 Å². The fraction of sp³-hybridized carbons (Fsp3) is 0.500. The third-order valence-corrected chi connectivity index (χ3v) is 7.79. The molecule has 0 bridgehead atoms. The van der Waals surface area contributed by atoms with Gasteiger partial charge in [0.05, 0.1) is 19.3 Å². The van der Waals surface area contributed by atoms with E-state index in [1.54, 1.807) is 9.25 Å². The first-order valence-corrected chi connectivity index (χ1v) is 13.6. The van der Waals surface area contributed by atoms with Gasteiger partial charge in [0.25, 0.3) is 5.56 Å². The monoisotopic (exact) mass is 613 g/mol. The Morgan fingerprint density at radius 2 is 2.12 bits per heavy atom. The van der Waals surface area contributed by atoms with E-state index in [2.05, 4.69) is 47.6 Å². The summed E-state index contributed by atoms with van der Waals surface area (Å²) in [6.45, 7) is 0.572. The molecule has 9 atom stereocenters. The minimum atomic E-state index is -1.19. The molecular weight excluding hydrogens is 588 g/mol. The van der Waals surface area contributed by atoms with E-state index < -0.39 is 40.0 Å². The van der Waals surface area contributed by atoms with Crippen molar-refractivity contribution in [3.8, 4) is 0 Å². The molecule has 4 aromatic rings. The molecule has 0 radical (unpaired) electrons. The number of rotatable bonds is 10. The molecule has 0 amide bonds. The number of thiol groups is 1. The second-order valence-electron chi connectivity index (χ2n) is 9.05. The highest BCUT2D eigenvalue weighted by Crippen LogP contribution is 2.39. The van der Waals surface area contributed by atoms with E-state index in [0.717, 1.165) is 0 Å². The summed E-state index contributed by atoms with van der Waals surface area (Å²) >= 11 is 3.90. The average molecular weight is 613 g/mol. The number of nitrogens with two attached hydrogens (primary N) is 1. The summed E-state index contributed by atoms with van der Waals surface area (Å²) in [5.74, 6) is 0.467. The Bertz CT molecular complexity index is 1540. The standard InChI is InChI=1S/C20H25N9O8P2S/c21-16-13-17(24-8-23-16)29(26-25-13)12-5-9(10(34-12)7-32-38)6-33-39-36-19-14(31)15(37-40)18(35-19)28-3-1-11(30)27-4-2-22-20(27)28/h1-4,8-10,12,14-15,18-19,31,39-40H,5-7,38H2,(H2,21,23,24)/t9-,10-,12-,14+,15-,18-,19?/m1/s1. The van der Waals surface area contributed by atoms with Crippen molar-refractivity contribution in [2.45, 2.75) is 43.5 Å². The van der Waals surface area contributed by atoms with E-state index in [-0.39, 0.29) is 30.0 Å². The lowest BCUT2D eigenvalue weighted by atomic mass is 10.0. The molecule has 2 fully saturated rings. The third kappa shape index (κ3) is 5.09. The lowest BCUT2D eigenvalue weighted by molar-refractivity contribution is -0.123. The van der Waals surface area contributed by atoms with Crippen LogP contribution in [-0.4, -0.2) is 81.8 Å². The predicted octanol–water partition coefficient (Wildman–Crippen LogP) is 0.0110. The van der Waals surface area contributed by atoms with Gasteiger partial charge in [0.15, 0.2) is 44.8 Å². The minimum Gasteiger partial charge on any atom is -0.385 e. The number of hydrogen-bond donors (Lipinski definition) is 3. The topological polar surface area (TPSA) is 197 Å². The summed E-state index contributed by atoms with van der Waals surface area (Å²) in [4.78, 5) is 24.5. The van der Waals surface area contributed by atoms with Gasteiger partial charge in [-0.25, -0.2) is 15.0 Å². The quantitative estimate of drug-likeness (QED) is 0.0936. The molecular formula is C20H25N9O8P2S. The van der Waals surface area contributed by atoms with Crippen LogP contribution in [0.1, 0.15) is 18.9 Å². The molecule has 0 aromatic carbocycles. The summed E-state index contributed by atoms with van der Waals surface area (Å²) < 4.78 is 38.6. The number of aliphatic hydroxyl groups is 1. The first kappa shape index (κ1) is 27.8. The van der Waals surface area contributed by atoms with Crippen LogP contribution in [0.2, 0.25) is 0 Å². The summed E-state index contributed by atoms with van der Waals surface area (Å²) in [7, 11) is 1.73. The Labute approximate surface area is 235 Å². The van der Waals surface area contributed by atoms with Crippen molar-refractivity contribution >= 4 is 54.2 Å². The van der Waals surface area contributed by atoms with Crippen LogP contribution in [0.15, 0.2) is 35.8 Å². The molecule has 2 aliphatic rings. The number of anilines is 1. The maximum atomic E-state index is 12.1. The maximum Gasteiger partial charge on any atom is 0.258 e. The summed E-state index contributed by atoms with van der Waals surface area (Å²) in [5.41, 5.74) is 6.48. The molecule has 0 spiro atoms. The molecule has 40 heavy (non-hydrogen) atoms. The second kappa shape index (κ2) is 11.9. The molecule has 214 valence electrons.